The third-order valence-electron chi connectivity index (χ3n) is 4.60. The van der Waals surface area contributed by atoms with Crippen molar-refractivity contribution in [3.05, 3.63) is 54.1 Å². The van der Waals surface area contributed by atoms with Crippen LogP contribution in [0.1, 0.15) is 11.3 Å². The van der Waals surface area contributed by atoms with Crippen molar-refractivity contribution in [2.75, 3.05) is 20.2 Å². The van der Waals surface area contributed by atoms with Crippen LogP contribution in [-0.4, -0.2) is 46.7 Å². The molecule has 1 aromatic carbocycles. The van der Waals surface area contributed by atoms with Crippen LogP contribution in [0.3, 0.4) is 0 Å². The van der Waals surface area contributed by atoms with E-state index in [2.05, 4.69) is 50.6 Å². The molecule has 6 heteroatoms. The largest absolute Gasteiger partial charge is 0.379 e. The minimum absolute atomic E-state index is 0.162. The van der Waals surface area contributed by atoms with Gasteiger partial charge in [-0.25, -0.2) is 9.66 Å². The van der Waals surface area contributed by atoms with Crippen LogP contribution in [0, 0.1) is 5.92 Å². The van der Waals surface area contributed by atoms with Crippen molar-refractivity contribution in [3.63, 3.8) is 0 Å². The summed E-state index contributed by atoms with van der Waals surface area (Å²) in [5.41, 5.74) is 2.42. The second kappa shape index (κ2) is 6.14. The Morgan fingerprint density at radius 2 is 2.13 bits per heavy atom. The minimum Gasteiger partial charge on any atom is -0.379 e. The SMILES string of the molecule is COC1CN(Cc2ccccc2)CC1C1=Nn2cncc2CN1. The van der Waals surface area contributed by atoms with Crippen molar-refractivity contribution < 1.29 is 4.74 Å². The van der Waals surface area contributed by atoms with Crippen molar-refractivity contribution in [3.8, 4) is 0 Å². The molecule has 4 rings (SSSR count). The number of likely N-dealkylation sites (tertiary alicyclic amines) is 1. The van der Waals surface area contributed by atoms with Crippen molar-refractivity contribution in [2.45, 2.75) is 19.2 Å². The van der Waals surface area contributed by atoms with Crippen molar-refractivity contribution in [2.24, 2.45) is 11.0 Å². The summed E-state index contributed by atoms with van der Waals surface area (Å²) >= 11 is 0. The molecule has 3 heterocycles. The molecular formula is C17H21N5O. The molecular weight excluding hydrogens is 290 g/mol. The predicted molar refractivity (Wildman–Crippen MR) is 87.9 cm³/mol. The molecule has 2 aromatic rings. The van der Waals surface area contributed by atoms with Crippen LogP contribution >= 0.6 is 0 Å². The average Bonchev–Trinajstić information content (AvgIpc) is 3.21. The molecule has 2 unspecified atom stereocenters. The molecule has 0 saturated carbocycles. The van der Waals surface area contributed by atoms with E-state index in [1.54, 1.807) is 13.4 Å². The van der Waals surface area contributed by atoms with Gasteiger partial charge in [-0.3, -0.25) is 4.90 Å². The molecule has 2 aliphatic rings. The first-order valence-electron chi connectivity index (χ1n) is 7.96. The number of hydrogen-bond donors (Lipinski definition) is 1. The number of nitrogens with zero attached hydrogens (tertiary/aromatic N) is 4. The van der Waals surface area contributed by atoms with Crippen LogP contribution in [0.5, 0.6) is 0 Å². The van der Waals surface area contributed by atoms with E-state index in [1.165, 1.54) is 5.56 Å². The molecule has 2 atom stereocenters. The van der Waals surface area contributed by atoms with Crippen LogP contribution in [0.15, 0.2) is 48.0 Å². The lowest BCUT2D eigenvalue weighted by Crippen LogP contribution is -2.40. The van der Waals surface area contributed by atoms with Crippen molar-refractivity contribution in [1.29, 1.82) is 0 Å². The van der Waals surface area contributed by atoms with Gasteiger partial charge in [0.05, 0.1) is 30.5 Å². The fourth-order valence-electron chi connectivity index (χ4n) is 3.39. The van der Waals surface area contributed by atoms with Gasteiger partial charge in [0, 0.05) is 26.7 Å². The van der Waals surface area contributed by atoms with Crippen molar-refractivity contribution in [1.82, 2.24) is 19.9 Å². The lowest BCUT2D eigenvalue weighted by molar-refractivity contribution is 0.0932. The highest BCUT2D eigenvalue weighted by molar-refractivity contribution is 5.86. The van der Waals surface area contributed by atoms with Gasteiger partial charge in [0.2, 0.25) is 0 Å². The molecule has 0 aliphatic carbocycles. The molecule has 23 heavy (non-hydrogen) atoms. The number of fused-ring (bicyclic) bond motifs is 1. The van der Waals surface area contributed by atoms with Crippen LogP contribution in [0.2, 0.25) is 0 Å². The number of hydrogen-bond acceptors (Lipinski definition) is 5. The van der Waals surface area contributed by atoms with Gasteiger partial charge in [0.1, 0.15) is 12.2 Å². The number of nitrogens with one attached hydrogen (secondary N) is 1. The maximum Gasteiger partial charge on any atom is 0.130 e. The maximum atomic E-state index is 5.73. The van der Waals surface area contributed by atoms with E-state index in [0.717, 1.165) is 37.7 Å². The molecule has 120 valence electrons. The third-order valence-corrected chi connectivity index (χ3v) is 4.60. The highest BCUT2D eigenvalue weighted by Crippen LogP contribution is 2.24. The monoisotopic (exact) mass is 311 g/mol. The highest BCUT2D eigenvalue weighted by Gasteiger charge is 2.37. The zero-order chi connectivity index (χ0) is 15.6. The molecule has 1 N–H and O–H groups in total. The number of rotatable bonds is 4. The van der Waals surface area contributed by atoms with E-state index >= 15 is 0 Å². The number of imidazole rings is 1. The summed E-state index contributed by atoms with van der Waals surface area (Å²) in [4.78, 5) is 6.58. The molecule has 0 radical (unpaired) electrons. The van der Waals surface area contributed by atoms with Crippen molar-refractivity contribution >= 4 is 5.84 Å². The summed E-state index contributed by atoms with van der Waals surface area (Å²) in [6.45, 7) is 3.59. The predicted octanol–water partition coefficient (Wildman–Crippen LogP) is 1.29. The number of ether oxygens (including phenoxy) is 1. The first-order valence-corrected chi connectivity index (χ1v) is 7.96. The molecule has 1 saturated heterocycles. The summed E-state index contributed by atoms with van der Waals surface area (Å²) < 4.78 is 7.59. The van der Waals surface area contributed by atoms with Gasteiger partial charge in [-0.1, -0.05) is 30.3 Å². The van der Waals surface area contributed by atoms with E-state index < -0.39 is 0 Å². The van der Waals surface area contributed by atoms with Gasteiger partial charge < -0.3 is 10.1 Å². The van der Waals surface area contributed by atoms with E-state index in [0.29, 0.717) is 0 Å². The zero-order valence-electron chi connectivity index (χ0n) is 13.2. The topological polar surface area (TPSA) is 54.7 Å². The van der Waals surface area contributed by atoms with E-state index in [1.807, 2.05) is 10.9 Å². The Bertz CT molecular complexity index is 696. The normalized spacial score (nSPS) is 24.1. The molecule has 0 amide bonds. The molecule has 1 fully saturated rings. The molecule has 0 bridgehead atoms. The third kappa shape index (κ3) is 2.87. The van der Waals surface area contributed by atoms with Gasteiger partial charge in [-0.15, -0.1) is 0 Å². The lowest BCUT2D eigenvalue weighted by atomic mass is 10.0. The Labute approximate surface area is 135 Å². The second-order valence-electron chi connectivity index (χ2n) is 6.13. The molecule has 1 aromatic heterocycles. The van der Waals surface area contributed by atoms with Crippen LogP contribution in [0.25, 0.3) is 0 Å². The summed E-state index contributed by atoms with van der Waals surface area (Å²) in [5, 5.41) is 8.11. The summed E-state index contributed by atoms with van der Waals surface area (Å²) in [6.07, 6.45) is 3.77. The first kappa shape index (κ1) is 14.4. The van der Waals surface area contributed by atoms with Gasteiger partial charge in [0.25, 0.3) is 0 Å². The summed E-state index contributed by atoms with van der Waals surface area (Å²) in [7, 11) is 1.79. The summed E-state index contributed by atoms with van der Waals surface area (Å²) in [6, 6.07) is 10.6. The Morgan fingerprint density at radius 3 is 2.96 bits per heavy atom. The minimum atomic E-state index is 0.162. The molecule has 6 nitrogen and oxygen atoms in total. The highest BCUT2D eigenvalue weighted by atomic mass is 16.5. The Hall–Kier alpha value is -2.18. The van der Waals surface area contributed by atoms with E-state index in [-0.39, 0.29) is 12.0 Å². The van der Waals surface area contributed by atoms with Gasteiger partial charge >= 0.3 is 0 Å². The Morgan fingerprint density at radius 1 is 1.26 bits per heavy atom. The van der Waals surface area contributed by atoms with Gasteiger partial charge in [0.15, 0.2) is 0 Å². The quantitative estimate of drug-likeness (QED) is 0.924. The first-order chi connectivity index (χ1) is 11.3. The molecule has 0 spiro atoms. The number of methoxy groups -OCH3 is 1. The smallest absolute Gasteiger partial charge is 0.130 e. The average molecular weight is 311 g/mol. The van der Waals surface area contributed by atoms with Crippen LogP contribution < -0.4 is 5.32 Å². The molecule has 2 aliphatic heterocycles. The Kier molecular flexibility index (Phi) is 3.85. The maximum absolute atomic E-state index is 5.73. The lowest BCUT2D eigenvalue weighted by Gasteiger charge is -2.23. The van der Waals surface area contributed by atoms with Crippen LogP contribution in [0.4, 0.5) is 0 Å². The summed E-state index contributed by atoms with van der Waals surface area (Å²) in [5.74, 6) is 1.26. The van der Waals surface area contributed by atoms with Gasteiger partial charge in [-0.05, 0) is 5.56 Å². The zero-order valence-corrected chi connectivity index (χ0v) is 13.2. The number of benzene rings is 1. The fraction of sp³-hybridized carbons (Fsp3) is 0.412. The Balaban J connectivity index is 1.50. The van der Waals surface area contributed by atoms with E-state index in [4.69, 9.17) is 4.74 Å². The van der Waals surface area contributed by atoms with Crippen LogP contribution in [-0.2, 0) is 17.8 Å². The fourth-order valence-corrected chi connectivity index (χ4v) is 3.39. The second-order valence-corrected chi connectivity index (χ2v) is 6.13. The number of aromatic nitrogens is 2. The standard InChI is InChI=1S/C17H21N5O/c1-23-16-11-21(9-13-5-3-2-4-6-13)10-15(16)17-19-8-14-7-18-12-22(14)20-17/h2-7,12,15-16H,8-11H2,1H3,(H,19,20). The number of amidine groups is 1. The van der Waals surface area contributed by atoms with E-state index in [9.17, 15) is 0 Å². The van der Waals surface area contributed by atoms with Gasteiger partial charge in [-0.2, -0.15) is 5.10 Å².